The first-order valence-electron chi connectivity index (χ1n) is 7.31. The first-order chi connectivity index (χ1) is 11.6. The Hall–Kier alpha value is -1.86. The number of hydrogen-bond donors (Lipinski definition) is 0. The van der Waals surface area contributed by atoms with Crippen LogP contribution in [0, 0.1) is 0 Å². The van der Waals surface area contributed by atoms with Crippen LogP contribution < -0.4 is 10.6 Å². The number of halogens is 2. The third-order valence-electron chi connectivity index (χ3n) is 3.53. The van der Waals surface area contributed by atoms with Gasteiger partial charge in [0.1, 0.15) is 0 Å². The van der Waals surface area contributed by atoms with Gasteiger partial charge in [-0.2, -0.15) is 0 Å². The van der Waals surface area contributed by atoms with Crippen LogP contribution in [0.4, 0.5) is 0 Å². The maximum absolute atomic E-state index is 13.7. The standard InChI is InChI=1S/C19H14Cl2NOP/c20-18-12-11-15(13-19(18)21)14-22-24(23,16-7-3-1-4-8-16)17-9-5-2-6-10-17/h1-14H/b22-14+. The Morgan fingerprint density at radius 1 is 0.750 bits per heavy atom. The van der Waals surface area contributed by atoms with Gasteiger partial charge in [-0.3, -0.25) is 4.57 Å². The van der Waals surface area contributed by atoms with E-state index in [2.05, 4.69) is 4.76 Å². The third kappa shape index (κ3) is 3.62. The molecule has 24 heavy (non-hydrogen) atoms. The summed E-state index contributed by atoms with van der Waals surface area (Å²) in [7, 11) is -3.12. The molecular weight excluding hydrogens is 360 g/mol. The Morgan fingerprint density at radius 3 is 1.79 bits per heavy atom. The Morgan fingerprint density at radius 2 is 1.29 bits per heavy atom. The molecule has 0 saturated carbocycles. The van der Waals surface area contributed by atoms with E-state index >= 15 is 0 Å². The normalized spacial score (nSPS) is 11.8. The minimum Gasteiger partial charge on any atom is -0.288 e. The summed E-state index contributed by atoms with van der Waals surface area (Å²) in [6.07, 6.45) is 1.59. The summed E-state index contributed by atoms with van der Waals surface area (Å²) in [5.41, 5.74) is 0.747. The van der Waals surface area contributed by atoms with E-state index in [4.69, 9.17) is 23.2 Å². The smallest absolute Gasteiger partial charge is 0.247 e. The summed E-state index contributed by atoms with van der Waals surface area (Å²) in [5, 5.41) is 2.29. The fourth-order valence-corrected chi connectivity index (χ4v) is 4.60. The first kappa shape index (κ1) is 17.0. The van der Waals surface area contributed by atoms with Crippen molar-refractivity contribution < 1.29 is 4.57 Å². The lowest BCUT2D eigenvalue weighted by molar-refractivity contribution is 0.588. The molecule has 3 aromatic rings. The van der Waals surface area contributed by atoms with Gasteiger partial charge in [0.05, 0.1) is 10.0 Å². The monoisotopic (exact) mass is 373 g/mol. The highest BCUT2D eigenvalue weighted by molar-refractivity contribution is 7.77. The molecule has 0 N–H and O–H groups in total. The van der Waals surface area contributed by atoms with Gasteiger partial charge in [0.15, 0.2) is 0 Å². The maximum atomic E-state index is 13.7. The molecule has 0 aliphatic carbocycles. The highest BCUT2D eigenvalue weighted by Crippen LogP contribution is 2.44. The van der Waals surface area contributed by atoms with E-state index in [1.165, 1.54) is 0 Å². The van der Waals surface area contributed by atoms with E-state index < -0.39 is 7.29 Å². The highest BCUT2D eigenvalue weighted by atomic mass is 35.5. The molecule has 0 amide bonds. The second-order valence-electron chi connectivity index (χ2n) is 5.17. The van der Waals surface area contributed by atoms with Crippen molar-refractivity contribution in [1.29, 1.82) is 0 Å². The summed E-state index contributed by atoms with van der Waals surface area (Å²) in [6.45, 7) is 0. The largest absolute Gasteiger partial charge is 0.288 e. The minimum atomic E-state index is -3.12. The lowest BCUT2D eigenvalue weighted by Crippen LogP contribution is -2.14. The summed E-state index contributed by atoms with van der Waals surface area (Å²) in [4.78, 5) is 0. The van der Waals surface area contributed by atoms with Gasteiger partial charge in [0, 0.05) is 16.8 Å². The molecule has 3 rings (SSSR count). The van der Waals surface area contributed by atoms with E-state index in [1.54, 1.807) is 24.4 Å². The molecule has 0 bridgehead atoms. The predicted molar refractivity (Wildman–Crippen MR) is 104 cm³/mol. The molecule has 0 aromatic heterocycles. The molecule has 0 aliphatic rings. The predicted octanol–water partition coefficient (Wildman–Crippen LogP) is 5.34. The summed E-state index contributed by atoms with van der Waals surface area (Å²) >= 11 is 12.0. The summed E-state index contributed by atoms with van der Waals surface area (Å²) < 4.78 is 18.2. The van der Waals surface area contributed by atoms with Crippen LogP contribution in [0.25, 0.3) is 0 Å². The molecule has 0 fully saturated rings. The zero-order valence-electron chi connectivity index (χ0n) is 12.6. The van der Waals surface area contributed by atoms with Crippen molar-refractivity contribution in [3.63, 3.8) is 0 Å². The Balaban J connectivity index is 2.07. The van der Waals surface area contributed by atoms with Gasteiger partial charge in [0.25, 0.3) is 0 Å². The Labute approximate surface area is 151 Å². The maximum Gasteiger partial charge on any atom is 0.247 e. The number of benzene rings is 3. The molecule has 2 nitrogen and oxygen atoms in total. The van der Waals surface area contributed by atoms with Gasteiger partial charge in [-0.1, -0.05) is 65.7 Å². The van der Waals surface area contributed by atoms with Crippen LogP contribution in [0.15, 0.2) is 83.6 Å². The number of hydrogen-bond acceptors (Lipinski definition) is 1. The lowest BCUT2D eigenvalue weighted by Gasteiger charge is -2.14. The van der Waals surface area contributed by atoms with E-state index in [9.17, 15) is 4.57 Å². The van der Waals surface area contributed by atoms with Gasteiger partial charge < -0.3 is 0 Å². The van der Waals surface area contributed by atoms with Crippen molar-refractivity contribution in [2.75, 3.05) is 0 Å². The zero-order chi connectivity index (χ0) is 17.0. The van der Waals surface area contributed by atoms with Crippen molar-refractivity contribution in [1.82, 2.24) is 0 Å². The van der Waals surface area contributed by atoms with Crippen LogP contribution >= 0.6 is 30.5 Å². The topological polar surface area (TPSA) is 29.4 Å². The van der Waals surface area contributed by atoms with E-state index in [1.807, 2.05) is 60.7 Å². The van der Waals surface area contributed by atoms with Gasteiger partial charge in [-0.05, 0) is 42.0 Å². The van der Waals surface area contributed by atoms with Crippen LogP contribution in [0.5, 0.6) is 0 Å². The van der Waals surface area contributed by atoms with Gasteiger partial charge in [-0.25, -0.2) is 4.76 Å². The van der Waals surface area contributed by atoms with Gasteiger partial charge >= 0.3 is 0 Å². The fourth-order valence-electron chi connectivity index (χ4n) is 2.28. The quantitative estimate of drug-likeness (QED) is 0.448. The van der Waals surface area contributed by atoms with Crippen LogP contribution in [0.3, 0.4) is 0 Å². The molecule has 0 aliphatic heterocycles. The fraction of sp³-hybridized carbons (Fsp3) is 0. The van der Waals surface area contributed by atoms with Crippen LogP contribution in [-0.4, -0.2) is 6.21 Å². The van der Waals surface area contributed by atoms with Crippen LogP contribution in [0.1, 0.15) is 5.56 Å². The minimum absolute atomic E-state index is 0.440. The second-order valence-corrected chi connectivity index (χ2v) is 8.40. The molecule has 0 heterocycles. The molecule has 0 atom stereocenters. The highest BCUT2D eigenvalue weighted by Gasteiger charge is 2.25. The van der Waals surface area contributed by atoms with Crippen molar-refractivity contribution in [3.05, 3.63) is 94.5 Å². The Bertz CT molecular complexity index is 868. The van der Waals surface area contributed by atoms with Crippen LogP contribution in [0.2, 0.25) is 10.0 Å². The van der Waals surface area contributed by atoms with Crippen molar-refractivity contribution >= 4 is 47.3 Å². The molecule has 0 saturated heterocycles. The first-order valence-corrected chi connectivity index (χ1v) is 9.73. The van der Waals surface area contributed by atoms with Crippen molar-refractivity contribution in [2.45, 2.75) is 0 Å². The SMILES string of the molecule is O=P(/N=C/c1ccc(Cl)c(Cl)c1)(c1ccccc1)c1ccccc1. The van der Waals surface area contributed by atoms with E-state index in [0.717, 1.165) is 5.56 Å². The van der Waals surface area contributed by atoms with E-state index in [-0.39, 0.29) is 0 Å². The number of rotatable bonds is 4. The molecular formula is C19H14Cl2NOP. The molecule has 0 unspecified atom stereocenters. The number of nitrogens with zero attached hydrogens (tertiary/aromatic N) is 1. The molecule has 0 radical (unpaired) electrons. The summed E-state index contributed by atoms with van der Waals surface area (Å²) in [5.74, 6) is 0. The molecule has 5 heteroatoms. The third-order valence-corrected chi connectivity index (χ3v) is 6.70. The average Bonchev–Trinajstić information content (AvgIpc) is 2.64. The van der Waals surface area contributed by atoms with Crippen LogP contribution in [-0.2, 0) is 4.57 Å². The zero-order valence-corrected chi connectivity index (χ0v) is 15.0. The van der Waals surface area contributed by atoms with Crippen molar-refractivity contribution in [2.24, 2.45) is 4.76 Å². The lowest BCUT2D eigenvalue weighted by atomic mass is 10.2. The van der Waals surface area contributed by atoms with Gasteiger partial charge in [-0.15, -0.1) is 0 Å². The van der Waals surface area contributed by atoms with Gasteiger partial charge in [0.2, 0.25) is 7.29 Å². The van der Waals surface area contributed by atoms with Crippen molar-refractivity contribution in [3.8, 4) is 0 Å². The Kier molecular flexibility index (Phi) is 5.20. The second kappa shape index (κ2) is 7.36. The molecule has 120 valence electrons. The van der Waals surface area contributed by atoms with E-state index in [0.29, 0.717) is 20.7 Å². The molecule has 0 spiro atoms. The molecule has 3 aromatic carbocycles. The average molecular weight is 374 g/mol. The summed E-state index contributed by atoms with van der Waals surface area (Å²) in [6, 6.07) is 23.7.